The van der Waals surface area contributed by atoms with Crippen molar-refractivity contribution in [2.24, 2.45) is 5.92 Å². The fourth-order valence-electron chi connectivity index (χ4n) is 4.13. The predicted molar refractivity (Wildman–Crippen MR) is 139 cm³/mol. The Labute approximate surface area is 193 Å². The average Bonchev–Trinajstić information content (AvgIpc) is 2.91. The molecule has 162 valence electrons. The second kappa shape index (κ2) is 10.7. The number of anilines is 1. The summed E-state index contributed by atoms with van der Waals surface area (Å²) in [6, 6.07) is 12.8. The molecule has 0 aliphatic heterocycles. The van der Waals surface area contributed by atoms with E-state index in [4.69, 9.17) is 11.6 Å². The van der Waals surface area contributed by atoms with Gasteiger partial charge in [0.1, 0.15) is 0 Å². The number of nitrogens with one attached hydrogen (secondary N) is 1. The molecule has 0 amide bonds. The molecule has 0 unspecified atom stereocenters. The lowest BCUT2D eigenvalue weighted by Gasteiger charge is -2.17. The molecule has 0 bridgehead atoms. The van der Waals surface area contributed by atoms with Gasteiger partial charge >= 0.3 is 0 Å². The third-order valence-corrected chi connectivity index (χ3v) is 6.14. The van der Waals surface area contributed by atoms with Crippen molar-refractivity contribution in [2.75, 3.05) is 5.32 Å². The molecule has 1 aliphatic rings. The second-order valence-electron chi connectivity index (χ2n) is 8.63. The molecule has 1 N–H and O–H groups in total. The van der Waals surface area contributed by atoms with Gasteiger partial charge in [0.25, 0.3) is 0 Å². The summed E-state index contributed by atoms with van der Waals surface area (Å²) >= 11 is 6.91. The maximum atomic E-state index is 6.91. The van der Waals surface area contributed by atoms with Crippen molar-refractivity contribution in [3.8, 4) is 11.1 Å². The van der Waals surface area contributed by atoms with Gasteiger partial charge in [-0.15, -0.1) is 0 Å². The highest BCUT2D eigenvalue weighted by atomic mass is 35.5. The smallest absolute Gasteiger partial charge is 0.0516 e. The van der Waals surface area contributed by atoms with Gasteiger partial charge in [-0.1, -0.05) is 86.5 Å². The average molecular weight is 432 g/mol. The highest BCUT2D eigenvalue weighted by Crippen LogP contribution is 2.37. The zero-order valence-electron chi connectivity index (χ0n) is 19.4. The van der Waals surface area contributed by atoms with Crippen LogP contribution >= 0.6 is 11.6 Å². The van der Waals surface area contributed by atoms with Crippen LogP contribution in [0.1, 0.15) is 58.6 Å². The molecule has 0 heterocycles. The molecule has 1 nitrogen and oxygen atoms in total. The highest BCUT2D eigenvalue weighted by molar-refractivity contribution is 6.34. The Morgan fingerprint density at radius 2 is 1.84 bits per heavy atom. The van der Waals surface area contributed by atoms with Crippen molar-refractivity contribution in [1.82, 2.24) is 0 Å². The SMILES string of the molecule is C/C=C/c1c(NC2=CC(CC)=C(C)CC=C2)cccc1-c1cccc(CC(C)C)c1Cl. The third kappa shape index (κ3) is 5.60. The first kappa shape index (κ1) is 23.2. The summed E-state index contributed by atoms with van der Waals surface area (Å²) in [4.78, 5) is 0. The van der Waals surface area contributed by atoms with Gasteiger partial charge in [0, 0.05) is 22.5 Å². The standard InChI is InChI=1S/C29H34ClN/c1-6-11-26-25(27-16-9-13-23(29(27)30)18-20(3)4)15-10-17-28(26)31-24-14-8-12-21(5)22(7-2)19-24/h6,8-11,13-17,19-20,31H,7,12,18H2,1-5H3/b11-6+. The normalized spacial score (nSPS) is 14.4. The molecule has 31 heavy (non-hydrogen) atoms. The van der Waals surface area contributed by atoms with Crippen molar-refractivity contribution in [3.05, 3.63) is 93.7 Å². The van der Waals surface area contributed by atoms with E-state index >= 15 is 0 Å². The van der Waals surface area contributed by atoms with Gasteiger partial charge in [-0.3, -0.25) is 0 Å². The number of rotatable bonds is 7. The zero-order valence-corrected chi connectivity index (χ0v) is 20.2. The minimum atomic E-state index is 0.564. The number of allylic oxidation sites excluding steroid dienone is 6. The summed E-state index contributed by atoms with van der Waals surface area (Å²) in [5.74, 6) is 0.564. The summed E-state index contributed by atoms with van der Waals surface area (Å²) in [5, 5.41) is 4.54. The second-order valence-corrected chi connectivity index (χ2v) is 9.01. The summed E-state index contributed by atoms with van der Waals surface area (Å²) in [7, 11) is 0. The molecular formula is C29H34ClN. The first-order chi connectivity index (χ1) is 14.9. The molecule has 0 fully saturated rings. The van der Waals surface area contributed by atoms with E-state index in [-0.39, 0.29) is 0 Å². The fraction of sp³-hybridized carbons (Fsp3) is 0.310. The first-order valence-corrected chi connectivity index (χ1v) is 11.7. The molecule has 1 aliphatic carbocycles. The Kier molecular flexibility index (Phi) is 7.98. The highest BCUT2D eigenvalue weighted by Gasteiger charge is 2.14. The largest absolute Gasteiger partial charge is 0.355 e. The lowest BCUT2D eigenvalue weighted by Crippen LogP contribution is -2.01. The monoisotopic (exact) mass is 431 g/mol. The van der Waals surface area contributed by atoms with Gasteiger partial charge in [0.05, 0.1) is 5.02 Å². The van der Waals surface area contributed by atoms with E-state index in [1.165, 1.54) is 16.7 Å². The Morgan fingerprint density at radius 1 is 1.10 bits per heavy atom. The summed E-state index contributed by atoms with van der Waals surface area (Å²) in [6.07, 6.45) is 14.0. The maximum Gasteiger partial charge on any atom is 0.0516 e. The number of hydrogen-bond acceptors (Lipinski definition) is 1. The van der Waals surface area contributed by atoms with E-state index < -0.39 is 0 Å². The summed E-state index contributed by atoms with van der Waals surface area (Å²) < 4.78 is 0. The van der Waals surface area contributed by atoms with Crippen molar-refractivity contribution < 1.29 is 0 Å². The molecule has 0 radical (unpaired) electrons. The Morgan fingerprint density at radius 3 is 2.55 bits per heavy atom. The Hall–Kier alpha value is -2.51. The molecule has 2 heteroatoms. The zero-order chi connectivity index (χ0) is 22.4. The van der Waals surface area contributed by atoms with Crippen molar-refractivity contribution in [1.29, 1.82) is 0 Å². The minimum absolute atomic E-state index is 0.564. The van der Waals surface area contributed by atoms with E-state index in [1.54, 1.807) is 0 Å². The van der Waals surface area contributed by atoms with Gasteiger partial charge in [-0.25, -0.2) is 0 Å². The van der Waals surface area contributed by atoms with E-state index in [9.17, 15) is 0 Å². The van der Waals surface area contributed by atoms with Gasteiger partial charge in [0.15, 0.2) is 0 Å². The lowest BCUT2D eigenvalue weighted by atomic mass is 9.94. The molecular weight excluding hydrogens is 398 g/mol. The van der Waals surface area contributed by atoms with E-state index in [1.807, 2.05) is 0 Å². The van der Waals surface area contributed by atoms with E-state index in [0.717, 1.165) is 52.4 Å². The van der Waals surface area contributed by atoms with Gasteiger partial charge in [0.2, 0.25) is 0 Å². The van der Waals surface area contributed by atoms with Gasteiger partial charge in [-0.2, -0.15) is 0 Å². The fourth-order valence-corrected chi connectivity index (χ4v) is 4.44. The summed E-state index contributed by atoms with van der Waals surface area (Å²) in [6.45, 7) is 11.0. The van der Waals surface area contributed by atoms with Gasteiger partial charge in [-0.05, 0) is 73.9 Å². The number of benzene rings is 2. The van der Waals surface area contributed by atoms with Crippen LogP contribution in [0.25, 0.3) is 17.2 Å². The van der Waals surface area contributed by atoms with Crippen molar-refractivity contribution in [3.63, 3.8) is 0 Å². The molecule has 2 aromatic carbocycles. The van der Waals surface area contributed by atoms with Crippen LogP contribution in [0.4, 0.5) is 5.69 Å². The topological polar surface area (TPSA) is 12.0 Å². The van der Waals surface area contributed by atoms with Gasteiger partial charge < -0.3 is 5.32 Å². The van der Waals surface area contributed by atoms with Crippen LogP contribution < -0.4 is 5.32 Å². The van der Waals surface area contributed by atoms with E-state index in [2.05, 4.69) is 107 Å². The van der Waals surface area contributed by atoms with Crippen LogP contribution in [-0.4, -0.2) is 0 Å². The van der Waals surface area contributed by atoms with Crippen LogP contribution in [0.5, 0.6) is 0 Å². The predicted octanol–water partition coefficient (Wildman–Crippen LogP) is 9.22. The molecule has 0 aromatic heterocycles. The molecule has 3 rings (SSSR count). The molecule has 0 saturated carbocycles. The van der Waals surface area contributed by atoms with Crippen LogP contribution in [0, 0.1) is 5.92 Å². The van der Waals surface area contributed by atoms with Crippen LogP contribution in [0.3, 0.4) is 0 Å². The van der Waals surface area contributed by atoms with E-state index in [0.29, 0.717) is 5.92 Å². The van der Waals surface area contributed by atoms with Crippen molar-refractivity contribution in [2.45, 2.75) is 53.9 Å². The summed E-state index contributed by atoms with van der Waals surface area (Å²) in [5.41, 5.74) is 9.66. The van der Waals surface area contributed by atoms with Crippen LogP contribution in [-0.2, 0) is 6.42 Å². The Bertz CT molecular complexity index is 1050. The first-order valence-electron chi connectivity index (χ1n) is 11.3. The molecule has 0 spiro atoms. The molecule has 0 saturated heterocycles. The quantitative estimate of drug-likeness (QED) is 0.460. The van der Waals surface area contributed by atoms with Crippen LogP contribution in [0.2, 0.25) is 5.02 Å². The minimum Gasteiger partial charge on any atom is -0.355 e. The molecule has 0 atom stereocenters. The molecule has 2 aromatic rings. The van der Waals surface area contributed by atoms with Crippen molar-refractivity contribution >= 4 is 23.4 Å². The lowest BCUT2D eigenvalue weighted by molar-refractivity contribution is 0.647. The third-order valence-electron chi connectivity index (χ3n) is 5.70. The number of hydrogen-bond donors (Lipinski definition) is 1. The Balaban J connectivity index is 2.08. The maximum absolute atomic E-state index is 6.91. The number of halogens is 1. The van der Waals surface area contributed by atoms with Crippen LogP contribution in [0.15, 0.2) is 77.5 Å².